The van der Waals surface area contributed by atoms with Gasteiger partial charge in [0.05, 0.1) is 0 Å². The van der Waals surface area contributed by atoms with Crippen molar-refractivity contribution < 1.29 is 9.59 Å². The second-order valence-corrected chi connectivity index (χ2v) is 7.91. The van der Waals surface area contributed by atoms with Crippen LogP contribution >= 0.6 is 0 Å². The van der Waals surface area contributed by atoms with Crippen molar-refractivity contribution in [3.05, 3.63) is 35.4 Å². The Kier molecular flexibility index (Phi) is 8.10. The highest BCUT2D eigenvalue weighted by Crippen LogP contribution is 2.14. The average Bonchev–Trinajstić information content (AvgIpc) is 2.66. The highest BCUT2D eigenvalue weighted by Gasteiger charge is 2.29. The van der Waals surface area contributed by atoms with E-state index in [1.165, 1.54) is 5.56 Å². The molecule has 1 saturated heterocycles. The van der Waals surface area contributed by atoms with Crippen LogP contribution in [-0.4, -0.2) is 49.1 Å². The molecule has 0 aliphatic carbocycles. The number of urea groups is 1. The Morgan fingerprint density at radius 1 is 1.22 bits per heavy atom. The van der Waals surface area contributed by atoms with Gasteiger partial charge in [-0.1, -0.05) is 43.7 Å². The molecule has 1 aliphatic rings. The Bertz CT molecular complexity index is 615. The molecule has 2 rings (SSSR count). The van der Waals surface area contributed by atoms with E-state index in [-0.39, 0.29) is 11.9 Å². The number of likely N-dealkylation sites (N-methyl/N-ethyl adjacent to an activating group) is 1. The number of likely N-dealkylation sites (tertiary alicyclic amines) is 1. The number of piperidine rings is 1. The summed E-state index contributed by atoms with van der Waals surface area (Å²) in [5.74, 6) is 0.343. The topological polar surface area (TPSA) is 73.5 Å². The van der Waals surface area contributed by atoms with Gasteiger partial charge < -0.3 is 20.9 Å². The van der Waals surface area contributed by atoms with Gasteiger partial charge in [0.25, 0.3) is 0 Å². The molecule has 1 aliphatic heterocycles. The maximum atomic E-state index is 13.0. The minimum atomic E-state index is -0.487. The van der Waals surface area contributed by atoms with Crippen LogP contribution in [0.15, 0.2) is 24.3 Å². The molecule has 150 valence electrons. The van der Waals surface area contributed by atoms with Crippen molar-refractivity contribution in [1.82, 2.24) is 20.9 Å². The predicted molar refractivity (Wildman–Crippen MR) is 108 cm³/mol. The fraction of sp³-hybridized carbons (Fsp3) is 0.619. The lowest BCUT2D eigenvalue weighted by molar-refractivity contribution is -0.135. The van der Waals surface area contributed by atoms with Gasteiger partial charge in [-0.2, -0.15) is 0 Å². The molecule has 3 amide bonds. The Morgan fingerprint density at radius 3 is 2.56 bits per heavy atom. The lowest BCUT2D eigenvalue weighted by Crippen LogP contribution is -2.55. The molecule has 1 aromatic carbocycles. The van der Waals surface area contributed by atoms with Gasteiger partial charge >= 0.3 is 6.03 Å². The summed E-state index contributed by atoms with van der Waals surface area (Å²) in [6.45, 7) is 8.08. The van der Waals surface area contributed by atoms with Crippen molar-refractivity contribution in [2.75, 3.05) is 20.1 Å². The predicted octanol–water partition coefficient (Wildman–Crippen LogP) is 2.42. The molecule has 1 aromatic rings. The monoisotopic (exact) mass is 374 g/mol. The molecule has 0 bridgehead atoms. The zero-order chi connectivity index (χ0) is 19.8. The summed E-state index contributed by atoms with van der Waals surface area (Å²) in [6, 6.07) is 7.59. The molecule has 6 nitrogen and oxygen atoms in total. The van der Waals surface area contributed by atoms with Crippen molar-refractivity contribution in [2.45, 2.75) is 58.7 Å². The lowest BCUT2D eigenvalue weighted by atomic mass is 10.00. The van der Waals surface area contributed by atoms with E-state index >= 15 is 0 Å². The van der Waals surface area contributed by atoms with Gasteiger partial charge in [0, 0.05) is 25.7 Å². The number of nitrogens with one attached hydrogen (secondary N) is 3. The normalized spacial score (nSPS) is 18.3. The van der Waals surface area contributed by atoms with E-state index in [0.717, 1.165) is 24.9 Å². The summed E-state index contributed by atoms with van der Waals surface area (Å²) in [7, 11) is 1.93. The molecule has 1 heterocycles. The standard InChI is InChI=1S/C21H34N4O2/c1-15(2)12-19(20(26)25-11-5-6-18(14-25)22-4)24-21(27)23-13-17-9-7-16(3)8-10-17/h7-10,15,18-19,22H,5-6,11-14H2,1-4H3,(H2,23,24,27). The minimum Gasteiger partial charge on any atom is -0.339 e. The molecule has 2 unspecified atom stereocenters. The number of carbonyl (C=O) groups is 2. The van der Waals surface area contributed by atoms with Gasteiger partial charge in [0.2, 0.25) is 5.91 Å². The fourth-order valence-corrected chi connectivity index (χ4v) is 3.42. The van der Waals surface area contributed by atoms with Crippen LogP contribution in [-0.2, 0) is 11.3 Å². The van der Waals surface area contributed by atoms with E-state index in [0.29, 0.717) is 31.5 Å². The first-order chi connectivity index (χ1) is 12.9. The van der Waals surface area contributed by atoms with Gasteiger partial charge in [-0.3, -0.25) is 4.79 Å². The van der Waals surface area contributed by atoms with Crippen LogP contribution in [0.3, 0.4) is 0 Å². The number of nitrogens with zero attached hydrogens (tertiary/aromatic N) is 1. The van der Waals surface area contributed by atoms with E-state index in [2.05, 4.69) is 29.8 Å². The summed E-state index contributed by atoms with van der Waals surface area (Å²) >= 11 is 0. The molecular formula is C21H34N4O2. The summed E-state index contributed by atoms with van der Waals surface area (Å²) in [5, 5.41) is 9.02. The van der Waals surface area contributed by atoms with Crippen LogP contribution in [0.1, 0.15) is 44.2 Å². The van der Waals surface area contributed by atoms with E-state index in [1.807, 2.05) is 43.1 Å². The van der Waals surface area contributed by atoms with Gasteiger partial charge in [0.1, 0.15) is 6.04 Å². The summed E-state index contributed by atoms with van der Waals surface area (Å²) < 4.78 is 0. The molecule has 0 radical (unpaired) electrons. The maximum absolute atomic E-state index is 13.0. The Labute approximate surface area is 163 Å². The molecule has 1 fully saturated rings. The highest BCUT2D eigenvalue weighted by molar-refractivity contribution is 5.87. The minimum absolute atomic E-state index is 0.0223. The Morgan fingerprint density at radius 2 is 1.93 bits per heavy atom. The number of hydrogen-bond acceptors (Lipinski definition) is 3. The van der Waals surface area contributed by atoms with Crippen molar-refractivity contribution in [3.63, 3.8) is 0 Å². The molecule has 6 heteroatoms. The second-order valence-electron chi connectivity index (χ2n) is 7.91. The number of aryl methyl sites for hydroxylation is 1. The van der Waals surface area contributed by atoms with Gasteiger partial charge in [0.15, 0.2) is 0 Å². The molecule has 0 saturated carbocycles. The average molecular weight is 375 g/mol. The Balaban J connectivity index is 1.93. The number of carbonyl (C=O) groups excluding carboxylic acids is 2. The second kappa shape index (κ2) is 10.3. The maximum Gasteiger partial charge on any atom is 0.315 e. The lowest BCUT2D eigenvalue weighted by Gasteiger charge is -2.35. The zero-order valence-electron chi connectivity index (χ0n) is 17.0. The third-order valence-electron chi connectivity index (χ3n) is 5.03. The SMILES string of the molecule is CNC1CCCN(C(=O)C(CC(C)C)NC(=O)NCc2ccc(C)cc2)C1. The fourth-order valence-electron chi connectivity index (χ4n) is 3.42. The van der Waals surface area contributed by atoms with Crippen LogP contribution in [0.25, 0.3) is 0 Å². The van der Waals surface area contributed by atoms with Gasteiger partial charge in [-0.05, 0) is 44.7 Å². The van der Waals surface area contributed by atoms with Crippen LogP contribution in [0.4, 0.5) is 4.79 Å². The van der Waals surface area contributed by atoms with Gasteiger partial charge in [-0.25, -0.2) is 4.79 Å². The number of rotatable bonds is 7. The van der Waals surface area contributed by atoms with Crippen molar-refractivity contribution in [1.29, 1.82) is 0 Å². The highest BCUT2D eigenvalue weighted by atomic mass is 16.2. The van der Waals surface area contributed by atoms with Crippen LogP contribution in [0, 0.1) is 12.8 Å². The summed E-state index contributed by atoms with van der Waals surface area (Å²) in [6.07, 6.45) is 2.71. The number of amides is 3. The van der Waals surface area contributed by atoms with Crippen molar-refractivity contribution in [2.24, 2.45) is 5.92 Å². The largest absolute Gasteiger partial charge is 0.339 e. The third-order valence-corrected chi connectivity index (χ3v) is 5.03. The number of benzene rings is 1. The number of hydrogen-bond donors (Lipinski definition) is 3. The van der Waals surface area contributed by atoms with Crippen LogP contribution < -0.4 is 16.0 Å². The van der Waals surface area contributed by atoms with E-state index in [1.54, 1.807) is 0 Å². The summed E-state index contributed by atoms with van der Waals surface area (Å²) in [5.41, 5.74) is 2.22. The van der Waals surface area contributed by atoms with Crippen molar-refractivity contribution in [3.8, 4) is 0 Å². The van der Waals surface area contributed by atoms with Crippen LogP contribution in [0.5, 0.6) is 0 Å². The molecule has 3 N–H and O–H groups in total. The molecule has 2 atom stereocenters. The quantitative estimate of drug-likeness (QED) is 0.686. The van der Waals surface area contributed by atoms with Crippen LogP contribution in [0.2, 0.25) is 0 Å². The van der Waals surface area contributed by atoms with Crippen molar-refractivity contribution >= 4 is 11.9 Å². The van der Waals surface area contributed by atoms with E-state index in [4.69, 9.17) is 0 Å². The molecule has 0 spiro atoms. The Hall–Kier alpha value is -2.08. The first kappa shape index (κ1) is 21.2. The smallest absolute Gasteiger partial charge is 0.315 e. The summed E-state index contributed by atoms with van der Waals surface area (Å²) in [4.78, 5) is 27.3. The van der Waals surface area contributed by atoms with Gasteiger partial charge in [-0.15, -0.1) is 0 Å². The van der Waals surface area contributed by atoms with E-state index in [9.17, 15) is 9.59 Å². The first-order valence-corrected chi connectivity index (χ1v) is 9.95. The third kappa shape index (κ3) is 6.86. The van der Waals surface area contributed by atoms with E-state index < -0.39 is 6.04 Å². The molecule has 0 aromatic heterocycles. The molecular weight excluding hydrogens is 340 g/mol. The zero-order valence-corrected chi connectivity index (χ0v) is 17.0. The first-order valence-electron chi connectivity index (χ1n) is 9.95. The molecule has 27 heavy (non-hydrogen) atoms.